The molecule has 1 aliphatic rings. The van der Waals surface area contributed by atoms with Gasteiger partial charge in [0, 0.05) is 6.42 Å². The lowest BCUT2D eigenvalue weighted by Crippen LogP contribution is -2.30. The number of carboxylic acid groups (broad SMARTS) is 1. The summed E-state index contributed by atoms with van der Waals surface area (Å²) in [7, 11) is 0. The van der Waals surface area contributed by atoms with Crippen molar-refractivity contribution in [2.75, 3.05) is 11.4 Å². The Bertz CT molecular complexity index is 497. The second-order valence-electron chi connectivity index (χ2n) is 3.95. The highest BCUT2D eigenvalue weighted by Crippen LogP contribution is 2.19. The number of carboxylic acids is 1. The minimum absolute atomic E-state index is 0.00180. The molecule has 3 amide bonds. The minimum Gasteiger partial charge on any atom is -0.481 e. The number of benzene rings is 1. The molecule has 1 saturated heterocycles. The molecule has 6 heteroatoms. The monoisotopic (exact) mass is 248 g/mol. The van der Waals surface area contributed by atoms with E-state index in [0.29, 0.717) is 12.1 Å². The van der Waals surface area contributed by atoms with Crippen LogP contribution in [0.4, 0.5) is 10.5 Å². The summed E-state index contributed by atoms with van der Waals surface area (Å²) < 4.78 is 0. The van der Waals surface area contributed by atoms with E-state index < -0.39 is 12.0 Å². The average Bonchev–Trinajstić information content (AvgIpc) is 2.67. The SMILES string of the molecule is O=C(O)CCc1cccc(N2C(=O)CNC2=O)c1. The van der Waals surface area contributed by atoms with Crippen molar-refractivity contribution in [3.63, 3.8) is 0 Å². The summed E-state index contributed by atoms with van der Waals surface area (Å²) in [5.74, 6) is -1.19. The van der Waals surface area contributed by atoms with Crippen molar-refractivity contribution < 1.29 is 19.5 Å². The van der Waals surface area contributed by atoms with Gasteiger partial charge in [0.1, 0.15) is 0 Å². The molecule has 0 spiro atoms. The van der Waals surface area contributed by atoms with E-state index in [-0.39, 0.29) is 18.9 Å². The fraction of sp³-hybridized carbons (Fsp3) is 0.250. The molecule has 18 heavy (non-hydrogen) atoms. The molecule has 2 N–H and O–H groups in total. The highest BCUT2D eigenvalue weighted by atomic mass is 16.4. The molecule has 1 aliphatic heterocycles. The second kappa shape index (κ2) is 4.87. The largest absolute Gasteiger partial charge is 0.481 e. The van der Waals surface area contributed by atoms with Crippen LogP contribution >= 0.6 is 0 Å². The van der Waals surface area contributed by atoms with Gasteiger partial charge in [0.25, 0.3) is 5.91 Å². The van der Waals surface area contributed by atoms with E-state index in [9.17, 15) is 14.4 Å². The standard InChI is InChI=1S/C12H12N2O4/c15-10-7-13-12(18)14(10)9-3-1-2-8(6-9)4-5-11(16)17/h1-3,6H,4-5,7H2,(H,13,18)(H,16,17). The first kappa shape index (κ1) is 12.1. The molecule has 0 bridgehead atoms. The molecule has 0 atom stereocenters. The Hall–Kier alpha value is -2.37. The topological polar surface area (TPSA) is 86.7 Å². The first-order valence-corrected chi connectivity index (χ1v) is 5.49. The highest BCUT2D eigenvalue weighted by molar-refractivity contribution is 6.19. The highest BCUT2D eigenvalue weighted by Gasteiger charge is 2.29. The summed E-state index contributed by atoms with van der Waals surface area (Å²) >= 11 is 0. The van der Waals surface area contributed by atoms with Gasteiger partial charge in [-0.2, -0.15) is 0 Å². The Morgan fingerprint density at radius 3 is 2.78 bits per heavy atom. The molecule has 1 heterocycles. The van der Waals surface area contributed by atoms with Crippen molar-refractivity contribution in [3.8, 4) is 0 Å². The van der Waals surface area contributed by atoms with Crippen molar-refractivity contribution in [2.24, 2.45) is 0 Å². The molecule has 1 fully saturated rings. The van der Waals surface area contributed by atoms with Gasteiger partial charge in [-0.05, 0) is 24.1 Å². The van der Waals surface area contributed by atoms with E-state index in [2.05, 4.69) is 5.32 Å². The number of aliphatic carboxylic acids is 1. The predicted octanol–water partition coefficient (Wildman–Crippen LogP) is 0.760. The molecule has 0 aromatic heterocycles. The number of anilines is 1. The summed E-state index contributed by atoms with van der Waals surface area (Å²) in [6, 6.07) is 6.32. The predicted molar refractivity (Wildman–Crippen MR) is 63.3 cm³/mol. The molecule has 0 saturated carbocycles. The maximum atomic E-state index is 11.5. The molecule has 1 aromatic rings. The maximum absolute atomic E-state index is 11.5. The van der Waals surface area contributed by atoms with Crippen LogP contribution in [-0.4, -0.2) is 29.6 Å². The summed E-state index contributed by atoms with van der Waals surface area (Å²) in [5, 5.41) is 11.0. The zero-order valence-corrected chi connectivity index (χ0v) is 9.55. The normalized spacial score (nSPS) is 14.8. The molecule has 94 valence electrons. The molecule has 1 aromatic carbocycles. The lowest BCUT2D eigenvalue weighted by atomic mass is 10.1. The van der Waals surface area contributed by atoms with Crippen molar-refractivity contribution in [2.45, 2.75) is 12.8 Å². The molecule has 6 nitrogen and oxygen atoms in total. The van der Waals surface area contributed by atoms with Crippen LogP contribution in [0.15, 0.2) is 24.3 Å². The van der Waals surface area contributed by atoms with Crippen molar-refractivity contribution in [3.05, 3.63) is 29.8 Å². The van der Waals surface area contributed by atoms with Gasteiger partial charge in [-0.1, -0.05) is 12.1 Å². The van der Waals surface area contributed by atoms with Gasteiger partial charge in [0.2, 0.25) is 0 Å². The number of carbonyl (C=O) groups excluding carboxylic acids is 2. The fourth-order valence-electron chi connectivity index (χ4n) is 1.79. The molecular formula is C12H12N2O4. The van der Waals surface area contributed by atoms with Gasteiger partial charge in [-0.3, -0.25) is 9.59 Å². The number of hydrogen-bond donors (Lipinski definition) is 2. The Morgan fingerprint density at radius 1 is 1.39 bits per heavy atom. The number of rotatable bonds is 4. The van der Waals surface area contributed by atoms with Gasteiger partial charge in [-0.25, -0.2) is 9.69 Å². The zero-order chi connectivity index (χ0) is 13.1. The van der Waals surface area contributed by atoms with Crippen LogP contribution < -0.4 is 10.2 Å². The number of nitrogens with zero attached hydrogens (tertiary/aromatic N) is 1. The second-order valence-corrected chi connectivity index (χ2v) is 3.95. The van der Waals surface area contributed by atoms with Crippen molar-refractivity contribution in [1.82, 2.24) is 5.32 Å². The number of urea groups is 1. The Morgan fingerprint density at radius 2 is 2.17 bits per heavy atom. The van der Waals surface area contributed by atoms with E-state index in [4.69, 9.17) is 5.11 Å². The Labute approximate surface area is 103 Å². The van der Waals surface area contributed by atoms with Gasteiger partial charge in [0.05, 0.1) is 12.2 Å². The van der Waals surface area contributed by atoms with Crippen LogP contribution in [-0.2, 0) is 16.0 Å². The first-order valence-electron chi connectivity index (χ1n) is 5.49. The van der Waals surface area contributed by atoms with Crippen LogP contribution in [0.2, 0.25) is 0 Å². The number of amides is 3. The number of aryl methyl sites for hydroxylation is 1. The third-order valence-electron chi connectivity index (χ3n) is 2.64. The maximum Gasteiger partial charge on any atom is 0.329 e. The van der Waals surface area contributed by atoms with Crippen LogP contribution in [0.1, 0.15) is 12.0 Å². The van der Waals surface area contributed by atoms with Gasteiger partial charge in [0.15, 0.2) is 0 Å². The van der Waals surface area contributed by atoms with Crippen molar-refractivity contribution >= 4 is 23.6 Å². The number of imide groups is 1. The number of carbonyl (C=O) groups is 3. The summed E-state index contributed by atoms with van der Waals surface area (Å²) in [5.41, 5.74) is 1.25. The lowest BCUT2D eigenvalue weighted by Gasteiger charge is -2.13. The molecule has 0 unspecified atom stereocenters. The molecule has 0 radical (unpaired) electrons. The van der Waals surface area contributed by atoms with E-state index in [1.807, 2.05) is 0 Å². The van der Waals surface area contributed by atoms with Crippen molar-refractivity contribution in [1.29, 1.82) is 0 Å². The van der Waals surface area contributed by atoms with Gasteiger partial charge in [-0.15, -0.1) is 0 Å². The summed E-state index contributed by atoms with van der Waals surface area (Å²) in [6.07, 6.45) is 0.385. The summed E-state index contributed by atoms with van der Waals surface area (Å²) in [4.78, 5) is 34.5. The third kappa shape index (κ3) is 2.48. The molecule has 2 rings (SSSR count). The lowest BCUT2D eigenvalue weighted by molar-refractivity contribution is -0.137. The zero-order valence-electron chi connectivity index (χ0n) is 9.55. The van der Waals surface area contributed by atoms with E-state index in [1.165, 1.54) is 0 Å². The fourth-order valence-corrected chi connectivity index (χ4v) is 1.79. The van der Waals surface area contributed by atoms with E-state index in [1.54, 1.807) is 24.3 Å². The molecule has 0 aliphatic carbocycles. The van der Waals surface area contributed by atoms with Crippen LogP contribution in [0.3, 0.4) is 0 Å². The molecular weight excluding hydrogens is 236 g/mol. The van der Waals surface area contributed by atoms with Gasteiger partial charge >= 0.3 is 12.0 Å². The van der Waals surface area contributed by atoms with Crippen LogP contribution in [0.5, 0.6) is 0 Å². The van der Waals surface area contributed by atoms with Crippen LogP contribution in [0, 0.1) is 0 Å². The smallest absolute Gasteiger partial charge is 0.329 e. The van der Waals surface area contributed by atoms with Gasteiger partial charge < -0.3 is 10.4 Å². The third-order valence-corrected chi connectivity index (χ3v) is 2.64. The first-order chi connectivity index (χ1) is 8.58. The average molecular weight is 248 g/mol. The van der Waals surface area contributed by atoms with E-state index in [0.717, 1.165) is 10.5 Å². The number of hydrogen-bond acceptors (Lipinski definition) is 3. The Kier molecular flexibility index (Phi) is 3.27. The van der Waals surface area contributed by atoms with Crippen LogP contribution in [0.25, 0.3) is 0 Å². The minimum atomic E-state index is -0.879. The quantitative estimate of drug-likeness (QED) is 0.770. The summed E-state index contributed by atoms with van der Waals surface area (Å²) in [6.45, 7) is -0.00180. The Balaban J connectivity index is 2.19. The van der Waals surface area contributed by atoms with E-state index >= 15 is 0 Å². The number of nitrogens with one attached hydrogen (secondary N) is 1.